The molecule has 1 heterocycles. The highest BCUT2D eigenvalue weighted by Crippen LogP contribution is 2.37. The number of hydrogen-bond donors (Lipinski definition) is 1. The normalized spacial score (nSPS) is 13.6. The Labute approximate surface area is 164 Å². The summed E-state index contributed by atoms with van der Waals surface area (Å²) in [7, 11) is 0. The summed E-state index contributed by atoms with van der Waals surface area (Å²) in [5.41, 5.74) is 5.34. The highest BCUT2D eigenvalue weighted by molar-refractivity contribution is 6.14. The van der Waals surface area contributed by atoms with Gasteiger partial charge in [0.25, 0.3) is 5.91 Å². The van der Waals surface area contributed by atoms with Crippen LogP contribution < -0.4 is 4.90 Å². The van der Waals surface area contributed by atoms with Crippen molar-refractivity contribution in [2.24, 2.45) is 0 Å². The van der Waals surface area contributed by atoms with Crippen LogP contribution in [0.25, 0.3) is 5.57 Å². The van der Waals surface area contributed by atoms with Gasteiger partial charge in [-0.25, -0.2) is 0 Å². The van der Waals surface area contributed by atoms with E-state index in [0.29, 0.717) is 12.0 Å². The number of benzene rings is 3. The molecule has 0 saturated heterocycles. The summed E-state index contributed by atoms with van der Waals surface area (Å²) in [6, 6.07) is 29.8. The van der Waals surface area contributed by atoms with Crippen molar-refractivity contribution in [3.8, 4) is 0 Å². The molecule has 4 rings (SSSR count). The van der Waals surface area contributed by atoms with Gasteiger partial charge >= 0.3 is 0 Å². The van der Waals surface area contributed by atoms with Crippen molar-refractivity contribution in [1.82, 2.24) is 0 Å². The Morgan fingerprint density at radius 1 is 0.750 bits per heavy atom. The standard InChI is InChI=1S/C25H21NO2/c27-17-16-21-18-23(26(25(21)28)22-14-8-3-9-15-22)24(19-10-4-1-5-11-19)20-12-6-2-7-13-20/h1-15,18,27H,16-17H2. The van der Waals surface area contributed by atoms with Crippen LogP contribution in [0.5, 0.6) is 0 Å². The third-order valence-electron chi connectivity index (χ3n) is 4.81. The van der Waals surface area contributed by atoms with Crippen LogP contribution >= 0.6 is 0 Å². The summed E-state index contributed by atoms with van der Waals surface area (Å²) in [5.74, 6) is -0.0837. The van der Waals surface area contributed by atoms with Gasteiger partial charge in [-0.15, -0.1) is 0 Å². The molecule has 0 aliphatic carbocycles. The lowest BCUT2D eigenvalue weighted by Gasteiger charge is -2.23. The van der Waals surface area contributed by atoms with Crippen molar-refractivity contribution in [1.29, 1.82) is 0 Å². The Hall–Kier alpha value is -3.43. The van der Waals surface area contributed by atoms with Gasteiger partial charge in [0.2, 0.25) is 0 Å². The van der Waals surface area contributed by atoms with Crippen LogP contribution in [0.1, 0.15) is 17.5 Å². The molecule has 0 saturated carbocycles. The van der Waals surface area contributed by atoms with E-state index >= 15 is 0 Å². The largest absolute Gasteiger partial charge is 0.396 e. The van der Waals surface area contributed by atoms with Crippen molar-refractivity contribution >= 4 is 17.2 Å². The van der Waals surface area contributed by atoms with Crippen LogP contribution in [-0.4, -0.2) is 17.6 Å². The van der Waals surface area contributed by atoms with Gasteiger partial charge in [-0.05, 0) is 29.3 Å². The van der Waals surface area contributed by atoms with E-state index in [1.54, 1.807) is 4.90 Å². The second kappa shape index (κ2) is 8.07. The SMILES string of the molecule is O=C1C(CCO)=CC(=C(c2ccccc2)c2ccccc2)N1c1ccccc1. The van der Waals surface area contributed by atoms with E-state index < -0.39 is 0 Å². The first-order valence-corrected chi connectivity index (χ1v) is 9.35. The zero-order valence-corrected chi connectivity index (χ0v) is 15.5. The van der Waals surface area contributed by atoms with E-state index in [1.807, 2.05) is 72.8 Å². The lowest BCUT2D eigenvalue weighted by molar-refractivity contribution is -0.114. The second-order valence-electron chi connectivity index (χ2n) is 6.61. The average molecular weight is 367 g/mol. The number of aliphatic hydroxyl groups excluding tert-OH is 1. The first-order chi connectivity index (χ1) is 13.8. The molecule has 0 fully saturated rings. The van der Waals surface area contributed by atoms with Crippen LogP contribution in [-0.2, 0) is 4.79 Å². The van der Waals surface area contributed by atoms with Crippen molar-refractivity contribution in [2.45, 2.75) is 6.42 Å². The lowest BCUT2D eigenvalue weighted by Crippen LogP contribution is -2.26. The molecule has 0 atom stereocenters. The van der Waals surface area contributed by atoms with Gasteiger partial charge in [0.05, 0.1) is 5.70 Å². The Morgan fingerprint density at radius 2 is 1.25 bits per heavy atom. The Bertz CT molecular complexity index is 980. The molecular formula is C25H21NO2. The van der Waals surface area contributed by atoms with Gasteiger partial charge in [0, 0.05) is 29.9 Å². The van der Waals surface area contributed by atoms with E-state index in [4.69, 9.17) is 0 Å². The molecule has 0 spiro atoms. The number of aliphatic hydroxyl groups is 1. The second-order valence-corrected chi connectivity index (χ2v) is 6.61. The Morgan fingerprint density at radius 3 is 1.75 bits per heavy atom. The summed E-state index contributed by atoms with van der Waals surface area (Å²) < 4.78 is 0. The predicted octanol–water partition coefficient (Wildman–Crippen LogP) is 4.80. The molecule has 0 unspecified atom stereocenters. The highest BCUT2D eigenvalue weighted by Gasteiger charge is 2.31. The van der Waals surface area contributed by atoms with Crippen molar-refractivity contribution in [3.05, 3.63) is 119 Å². The molecule has 0 aromatic heterocycles. The van der Waals surface area contributed by atoms with Gasteiger partial charge in [0.15, 0.2) is 0 Å². The van der Waals surface area contributed by atoms with E-state index in [2.05, 4.69) is 24.3 Å². The maximum absolute atomic E-state index is 13.2. The summed E-state index contributed by atoms with van der Waals surface area (Å²) in [4.78, 5) is 14.9. The van der Waals surface area contributed by atoms with E-state index in [0.717, 1.165) is 28.1 Å². The topological polar surface area (TPSA) is 40.5 Å². The molecule has 138 valence electrons. The lowest BCUT2D eigenvalue weighted by atomic mass is 9.95. The number of allylic oxidation sites excluding steroid dienone is 1. The van der Waals surface area contributed by atoms with E-state index in [9.17, 15) is 9.90 Å². The Kier molecular flexibility index (Phi) is 5.18. The number of para-hydroxylation sites is 1. The molecule has 1 aliphatic heterocycles. The fourth-order valence-corrected chi connectivity index (χ4v) is 3.53. The van der Waals surface area contributed by atoms with Gasteiger partial charge in [-0.3, -0.25) is 9.69 Å². The zero-order chi connectivity index (χ0) is 19.3. The maximum atomic E-state index is 13.2. The molecular weight excluding hydrogens is 346 g/mol. The molecule has 0 radical (unpaired) electrons. The number of carbonyl (C=O) groups excluding carboxylic acids is 1. The van der Waals surface area contributed by atoms with Crippen LogP contribution in [0.4, 0.5) is 5.69 Å². The third kappa shape index (κ3) is 3.40. The van der Waals surface area contributed by atoms with Crippen molar-refractivity contribution < 1.29 is 9.90 Å². The molecule has 1 N–H and O–H groups in total. The monoisotopic (exact) mass is 367 g/mol. The number of anilines is 1. The number of rotatable bonds is 5. The van der Waals surface area contributed by atoms with E-state index in [1.165, 1.54) is 0 Å². The summed E-state index contributed by atoms with van der Waals surface area (Å²) in [5, 5.41) is 9.43. The van der Waals surface area contributed by atoms with Gasteiger partial charge < -0.3 is 5.11 Å². The minimum Gasteiger partial charge on any atom is -0.396 e. The van der Waals surface area contributed by atoms with Gasteiger partial charge in [0.1, 0.15) is 0 Å². The first kappa shape index (κ1) is 18.0. The predicted molar refractivity (Wildman–Crippen MR) is 113 cm³/mol. The van der Waals surface area contributed by atoms with E-state index in [-0.39, 0.29) is 12.5 Å². The highest BCUT2D eigenvalue weighted by atomic mass is 16.3. The molecule has 28 heavy (non-hydrogen) atoms. The quantitative estimate of drug-likeness (QED) is 0.704. The smallest absolute Gasteiger partial charge is 0.258 e. The van der Waals surface area contributed by atoms with Crippen LogP contribution in [0, 0.1) is 0 Å². The maximum Gasteiger partial charge on any atom is 0.258 e. The van der Waals surface area contributed by atoms with Crippen LogP contribution in [0.3, 0.4) is 0 Å². The number of carbonyl (C=O) groups is 1. The number of nitrogens with zero attached hydrogens (tertiary/aromatic N) is 1. The minimum absolute atomic E-state index is 0.0561. The summed E-state index contributed by atoms with van der Waals surface area (Å²) in [6.45, 7) is -0.0561. The fraction of sp³-hybridized carbons (Fsp3) is 0.0800. The van der Waals surface area contributed by atoms with Crippen molar-refractivity contribution in [3.63, 3.8) is 0 Å². The zero-order valence-electron chi connectivity index (χ0n) is 15.5. The molecule has 0 bridgehead atoms. The molecule has 3 aromatic carbocycles. The molecule has 3 heteroatoms. The third-order valence-corrected chi connectivity index (χ3v) is 4.81. The summed E-state index contributed by atoms with van der Waals surface area (Å²) in [6.07, 6.45) is 2.25. The fourth-order valence-electron chi connectivity index (χ4n) is 3.53. The number of amides is 1. The molecule has 1 aliphatic rings. The summed E-state index contributed by atoms with van der Waals surface area (Å²) >= 11 is 0. The minimum atomic E-state index is -0.0837. The molecule has 3 aromatic rings. The van der Waals surface area contributed by atoms with Gasteiger partial charge in [-0.2, -0.15) is 0 Å². The van der Waals surface area contributed by atoms with Crippen LogP contribution in [0.15, 0.2) is 108 Å². The molecule has 1 amide bonds. The van der Waals surface area contributed by atoms with Crippen LogP contribution in [0.2, 0.25) is 0 Å². The first-order valence-electron chi connectivity index (χ1n) is 9.35. The average Bonchev–Trinajstić information content (AvgIpc) is 3.06. The van der Waals surface area contributed by atoms with Gasteiger partial charge in [-0.1, -0.05) is 78.9 Å². The van der Waals surface area contributed by atoms with Crippen molar-refractivity contribution in [2.75, 3.05) is 11.5 Å². The molecule has 3 nitrogen and oxygen atoms in total. The number of hydrogen-bond acceptors (Lipinski definition) is 2. The Balaban J connectivity index is 1.99.